The standard InChI is InChI=1S/C15H20O3/c1-11(2)8-13(16)9-15(3)6-4-14(18-15)12-5-7-17-10-12/h5,7-8,10,14H,4,6,9H2,1-3H3. The van der Waals surface area contributed by atoms with E-state index >= 15 is 0 Å². The summed E-state index contributed by atoms with van der Waals surface area (Å²) in [5, 5.41) is 0. The van der Waals surface area contributed by atoms with Crippen molar-refractivity contribution in [3.63, 3.8) is 0 Å². The summed E-state index contributed by atoms with van der Waals surface area (Å²) in [4.78, 5) is 11.8. The number of carbonyl (C=O) groups is 1. The molecule has 2 unspecified atom stereocenters. The van der Waals surface area contributed by atoms with Crippen molar-refractivity contribution in [3.05, 3.63) is 35.8 Å². The van der Waals surface area contributed by atoms with E-state index in [1.807, 2.05) is 26.8 Å². The maximum Gasteiger partial charge on any atom is 0.158 e. The molecule has 2 heterocycles. The summed E-state index contributed by atoms with van der Waals surface area (Å²) >= 11 is 0. The number of ketones is 1. The Balaban J connectivity index is 1.98. The first-order valence-electron chi connectivity index (χ1n) is 6.36. The van der Waals surface area contributed by atoms with Gasteiger partial charge in [0.15, 0.2) is 5.78 Å². The molecule has 2 rings (SSSR count). The zero-order valence-corrected chi connectivity index (χ0v) is 11.2. The predicted octanol–water partition coefficient (Wildman–Crippen LogP) is 3.82. The fraction of sp³-hybridized carbons (Fsp3) is 0.533. The molecule has 1 fully saturated rings. The SMILES string of the molecule is CC(C)=CC(=O)CC1(C)CCC(c2ccoc2)O1. The fourth-order valence-corrected chi connectivity index (χ4v) is 2.46. The monoisotopic (exact) mass is 248 g/mol. The molecule has 2 atom stereocenters. The maximum absolute atomic E-state index is 11.8. The molecule has 0 N–H and O–H groups in total. The summed E-state index contributed by atoms with van der Waals surface area (Å²) < 4.78 is 11.1. The van der Waals surface area contributed by atoms with Crippen molar-refractivity contribution >= 4 is 5.78 Å². The minimum Gasteiger partial charge on any atom is -0.472 e. The van der Waals surface area contributed by atoms with Crippen molar-refractivity contribution in [1.29, 1.82) is 0 Å². The van der Waals surface area contributed by atoms with Gasteiger partial charge < -0.3 is 9.15 Å². The Labute approximate surface area is 108 Å². The number of rotatable bonds is 4. The first-order chi connectivity index (χ1) is 8.48. The average Bonchev–Trinajstić information content (AvgIpc) is 2.84. The maximum atomic E-state index is 11.8. The van der Waals surface area contributed by atoms with Crippen molar-refractivity contribution in [2.75, 3.05) is 0 Å². The van der Waals surface area contributed by atoms with Crippen molar-refractivity contribution < 1.29 is 13.9 Å². The van der Waals surface area contributed by atoms with E-state index in [0.717, 1.165) is 24.0 Å². The minimum atomic E-state index is -0.342. The van der Waals surface area contributed by atoms with Crippen LogP contribution in [0, 0.1) is 0 Å². The Kier molecular flexibility index (Phi) is 3.71. The molecule has 0 amide bonds. The summed E-state index contributed by atoms with van der Waals surface area (Å²) in [5.41, 5.74) is 1.76. The van der Waals surface area contributed by atoms with E-state index in [2.05, 4.69) is 0 Å². The lowest BCUT2D eigenvalue weighted by Gasteiger charge is -2.23. The second-order valence-electron chi connectivity index (χ2n) is 5.52. The molecule has 1 aliphatic heterocycles. The molecular weight excluding hydrogens is 228 g/mol. The summed E-state index contributed by atoms with van der Waals surface area (Å²) in [6.45, 7) is 5.89. The van der Waals surface area contributed by atoms with E-state index < -0.39 is 0 Å². The molecule has 0 aromatic carbocycles. The van der Waals surface area contributed by atoms with Crippen LogP contribution < -0.4 is 0 Å². The highest BCUT2D eigenvalue weighted by atomic mass is 16.5. The van der Waals surface area contributed by atoms with Gasteiger partial charge >= 0.3 is 0 Å². The average molecular weight is 248 g/mol. The quantitative estimate of drug-likeness (QED) is 0.760. The Bertz CT molecular complexity index is 440. The van der Waals surface area contributed by atoms with Crippen molar-refractivity contribution in [2.45, 2.75) is 51.7 Å². The van der Waals surface area contributed by atoms with Crippen LogP contribution in [0.1, 0.15) is 51.7 Å². The van der Waals surface area contributed by atoms with Gasteiger partial charge in [-0.3, -0.25) is 4.79 Å². The van der Waals surface area contributed by atoms with Crippen LogP contribution in [-0.4, -0.2) is 11.4 Å². The zero-order chi connectivity index (χ0) is 13.2. The number of ether oxygens (including phenoxy) is 1. The lowest BCUT2D eigenvalue weighted by atomic mass is 9.95. The Morgan fingerprint density at radius 3 is 2.94 bits per heavy atom. The van der Waals surface area contributed by atoms with Gasteiger partial charge in [0.25, 0.3) is 0 Å². The van der Waals surface area contributed by atoms with Crippen molar-refractivity contribution in [2.24, 2.45) is 0 Å². The highest BCUT2D eigenvalue weighted by molar-refractivity contribution is 5.90. The third-order valence-corrected chi connectivity index (χ3v) is 3.27. The number of furan rings is 1. The lowest BCUT2D eigenvalue weighted by molar-refractivity contribution is -0.121. The predicted molar refractivity (Wildman–Crippen MR) is 69.2 cm³/mol. The third-order valence-electron chi connectivity index (χ3n) is 3.27. The van der Waals surface area contributed by atoms with Gasteiger partial charge in [0.05, 0.1) is 24.2 Å². The lowest BCUT2D eigenvalue weighted by Crippen LogP contribution is -2.26. The molecule has 1 aliphatic rings. The molecule has 1 saturated heterocycles. The van der Waals surface area contributed by atoms with Crippen LogP contribution >= 0.6 is 0 Å². The second kappa shape index (κ2) is 5.11. The smallest absolute Gasteiger partial charge is 0.158 e. The van der Waals surface area contributed by atoms with Gasteiger partial charge in [-0.05, 0) is 45.8 Å². The van der Waals surface area contributed by atoms with Crippen LogP contribution in [0.3, 0.4) is 0 Å². The molecule has 0 aliphatic carbocycles. The first kappa shape index (κ1) is 13.1. The number of hydrogen-bond acceptors (Lipinski definition) is 3. The first-order valence-corrected chi connectivity index (χ1v) is 6.36. The highest BCUT2D eigenvalue weighted by Crippen LogP contribution is 2.41. The molecule has 0 spiro atoms. The van der Waals surface area contributed by atoms with Crippen LogP contribution in [0.15, 0.2) is 34.7 Å². The highest BCUT2D eigenvalue weighted by Gasteiger charge is 2.38. The minimum absolute atomic E-state index is 0.0632. The largest absolute Gasteiger partial charge is 0.472 e. The van der Waals surface area contributed by atoms with Crippen LogP contribution in [0.25, 0.3) is 0 Å². The molecule has 98 valence electrons. The van der Waals surface area contributed by atoms with Crippen LogP contribution in [0.4, 0.5) is 0 Å². The van der Waals surface area contributed by atoms with Gasteiger partial charge in [-0.2, -0.15) is 0 Å². The van der Waals surface area contributed by atoms with Crippen LogP contribution in [0.5, 0.6) is 0 Å². The molecule has 1 aromatic heterocycles. The zero-order valence-electron chi connectivity index (χ0n) is 11.2. The molecule has 0 bridgehead atoms. The summed E-state index contributed by atoms with van der Waals surface area (Å²) in [7, 11) is 0. The van der Waals surface area contributed by atoms with Crippen LogP contribution in [-0.2, 0) is 9.53 Å². The number of hydrogen-bond donors (Lipinski definition) is 0. The summed E-state index contributed by atoms with van der Waals surface area (Å²) in [5.74, 6) is 0.144. The molecule has 18 heavy (non-hydrogen) atoms. The molecule has 3 nitrogen and oxygen atoms in total. The summed E-state index contributed by atoms with van der Waals surface area (Å²) in [6.07, 6.45) is 7.43. The second-order valence-corrected chi connectivity index (χ2v) is 5.52. The molecule has 0 saturated carbocycles. The van der Waals surface area contributed by atoms with E-state index in [-0.39, 0.29) is 17.5 Å². The molecule has 3 heteroatoms. The Morgan fingerprint density at radius 2 is 2.33 bits per heavy atom. The van der Waals surface area contributed by atoms with Crippen molar-refractivity contribution in [1.82, 2.24) is 0 Å². The third kappa shape index (κ3) is 3.10. The van der Waals surface area contributed by atoms with Crippen LogP contribution in [0.2, 0.25) is 0 Å². The van der Waals surface area contributed by atoms with E-state index in [0.29, 0.717) is 6.42 Å². The Morgan fingerprint density at radius 1 is 1.56 bits per heavy atom. The normalized spacial score (nSPS) is 27.2. The van der Waals surface area contributed by atoms with E-state index in [1.54, 1.807) is 18.6 Å². The molecule has 1 aromatic rings. The van der Waals surface area contributed by atoms with Gasteiger partial charge in [0.1, 0.15) is 0 Å². The van der Waals surface area contributed by atoms with Gasteiger partial charge in [0, 0.05) is 12.0 Å². The van der Waals surface area contributed by atoms with Gasteiger partial charge in [-0.25, -0.2) is 0 Å². The van der Waals surface area contributed by atoms with E-state index in [1.165, 1.54) is 0 Å². The van der Waals surface area contributed by atoms with Gasteiger partial charge in [-0.15, -0.1) is 0 Å². The molecule has 0 radical (unpaired) electrons. The number of carbonyl (C=O) groups excluding carboxylic acids is 1. The topological polar surface area (TPSA) is 39.4 Å². The summed E-state index contributed by atoms with van der Waals surface area (Å²) in [6, 6.07) is 1.92. The van der Waals surface area contributed by atoms with E-state index in [9.17, 15) is 4.79 Å². The fourth-order valence-electron chi connectivity index (χ4n) is 2.46. The Hall–Kier alpha value is -1.35. The number of allylic oxidation sites excluding steroid dienone is 2. The van der Waals surface area contributed by atoms with Crippen molar-refractivity contribution in [3.8, 4) is 0 Å². The molecular formula is C15H20O3. The van der Waals surface area contributed by atoms with Gasteiger partial charge in [-0.1, -0.05) is 5.57 Å². The van der Waals surface area contributed by atoms with Gasteiger partial charge in [0.2, 0.25) is 0 Å². The van der Waals surface area contributed by atoms with E-state index in [4.69, 9.17) is 9.15 Å².